The van der Waals surface area contributed by atoms with Gasteiger partial charge in [-0.2, -0.15) is 0 Å². The maximum Gasteiger partial charge on any atom is 0.257 e. The molecule has 23 heavy (non-hydrogen) atoms. The number of benzene rings is 1. The summed E-state index contributed by atoms with van der Waals surface area (Å²) in [5.74, 6) is 0.234. The number of aromatic nitrogens is 1. The van der Waals surface area contributed by atoms with Crippen molar-refractivity contribution in [2.45, 2.75) is 6.92 Å². The summed E-state index contributed by atoms with van der Waals surface area (Å²) in [6.07, 6.45) is 3.05. The number of nitrogens with zero attached hydrogens (tertiary/aromatic N) is 1. The van der Waals surface area contributed by atoms with E-state index < -0.39 is 0 Å². The van der Waals surface area contributed by atoms with Crippen LogP contribution in [0.5, 0.6) is 11.5 Å². The molecule has 0 aliphatic carbocycles. The lowest BCUT2D eigenvalue weighted by Gasteiger charge is -2.15. The first-order valence-corrected chi connectivity index (χ1v) is 6.80. The van der Waals surface area contributed by atoms with Crippen LogP contribution in [0.25, 0.3) is 0 Å². The fourth-order valence-electron chi connectivity index (χ4n) is 1.97. The molecule has 1 aromatic heterocycles. The number of nitrogens with one attached hydrogen (secondary N) is 2. The standard InChI is InChI=1S/C16H17N3O4/c1-10(20)18-12-7-15(23-3)13(8-14(12)22-2)19-16(21)11-5-4-6-17-9-11/h4-9H,1-3H3,(H,18,20)(H,19,21). The Hall–Kier alpha value is -3.09. The van der Waals surface area contributed by atoms with Crippen molar-refractivity contribution in [3.05, 3.63) is 42.2 Å². The third-order valence-corrected chi connectivity index (χ3v) is 3.00. The second-order valence-electron chi connectivity index (χ2n) is 4.63. The monoisotopic (exact) mass is 315 g/mol. The Labute approximate surface area is 133 Å². The van der Waals surface area contributed by atoms with E-state index in [2.05, 4.69) is 15.6 Å². The molecule has 2 N–H and O–H groups in total. The SMILES string of the molecule is COc1cc(NC(=O)c2cccnc2)c(OC)cc1NC(C)=O. The van der Waals surface area contributed by atoms with Gasteiger partial charge >= 0.3 is 0 Å². The summed E-state index contributed by atoms with van der Waals surface area (Å²) in [6, 6.07) is 6.49. The van der Waals surface area contributed by atoms with Crippen molar-refractivity contribution in [3.63, 3.8) is 0 Å². The number of hydrogen-bond donors (Lipinski definition) is 2. The van der Waals surface area contributed by atoms with Crippen molar-refractivity contribution in [2.75, 3.05) is 24.9 Å². The zero-order valence-corrected chi connectivity index (χ0v) is 13.0. The average molecular weight is 315 g/mol. The summed E-state index contributed by atoms with van der Waals surface area (Å²) in [4.78, 5) is 27.4. The third kappa shape index (κ3) is 3.97. The van der Waals surface area contributed by atoms with Crippen molar-refractivity contribution in [2.24, 2.45) is 0 Å². The summed E-state index contributed by atoms with van der Waals surface area (Å²) in [6.45, 7) is 1.39. The first-order chi connectivity index (χ1) is 11.0. The van der Waals surface area contributed by atoms with Gasteiger partial charge in [0.1, 0.15) is 11.5 Å². The molecule has 0 aliphatic heterocycles. The number of rotatable bonds is 5. The summed E-state index contributed by atoms with van der Waals surface area (Å²) < 4.78 is 10.5. The van der Waals surface area contributed by atoms with Crippen molar-refractivity contribution < 1.29 is 19.1 Å². The number of carbonyl (C=O) groups excluding carboxylic acids is 2. The maximum absolute atomic E-state index is 12.2. The molecule has 0 unspecified atom stereocenters. The highest BCUT2D eigenvalue weighted by Gasteiger charge is 2.15. The smallest absolute Gasteiger partial charge is 0.257 e. The van der Waals surface area contributed by atoms with E-state index in [0.29, 0.717) is 28.4 Å². The highest BCUT2D eigenvalue weighted by molar-refractivity contribution is 6.05. The second kappa shape index (κ2) is 7.26. The molecule has 0 aliphatic rings. The normalized spacial score (nSPS) is 9.87. The number of methoxy groups -OCH3 is 2. The van der Waals surface area contributed by atoms with Gasteiger partial charge in [-0.05, 0) is 12.1 Å². The highest BCUT2D eigenvalue weighted by Crippen LogP contribution is 2.36. The quantitative estimate of drug-likeness (QED) is 0.883. The van der Waals surface area contributed by atoms with Gasteiger partial charge in [-0.25, -0.2) is 0 Å². The van der Waals surface area contributed by atoms with Crippen LogP contribution in [0.2, 0.25) is 0 Å². The minimum absolute atomic E-state index is 0.238. The van der Waals surface area contributed by atoms with E-state index in [1.54, 1.807) is 30.5 Å². The Balaban J connectivity index is 2.34. The van der Waals surface area contributed by atoms with Crippen LogP contribution in [0.3, 0.4) is 0 Å². The molecule has 0 saturated carbocycles. The number of anilines is 2. The topological polar surface area (TPSA) is 89.6 Å². The van der Waals surface area contributed by atoms with Gasteiger partial charge in [0.15, 0.2) is 0 Å². The van der Waals surface area contributed by atoms with Gasteiger partial charge in [0.25, 0.3) is 5.91 Å². The molecule has 7 nitrogen and oxygen atoms in total. The molecule has 0 spiro atoms. The predicted molar refractivity (Wildman–Crippen MR) is 86.0 cm³/mol. The van der Waals surface area contributed by atoms with Crippen LogP contribution >= 0.6 is 0 Å². The lowest BCUT2D eigenvalue weighted by atomic mass is 10.2. The molecule has 0 bridgehead atoms. The molecular weight excluding hydrogens is 298 g/mol. The van der Waals surface area contributed by atoms with E-state index in [-0.39, 0.29) is 11.8 Å². The van der Waals surface area contributed by atoms with Crippen molar-refractivity contribution in [1.82, 2.24) is 4.98 Å². The van der Waals surface area contributed by atoms with Crippen molar-refractivity contribution in [3.8, 4) is 11.5 Å². The Bertz CT molecular complexity index is 717. The van der Waals surface area contributed by atoms with Gasteiger partial charge in [0.2, 0.25) is 5.91 Å². The minimum atomic E-state index is -0.328. The lowest BCUT2D eigenvalue weighted by Crippen LogP contribution is -2.14. The molecule has 0 fully saturated rings. The fourth-order valence-corrected chi connectivity index (χ4v) is 1.97. The van der Waals surface area contributed by atoms with Crippen LogP contribution in [0.4, 0.5) is 11.4 Å². The van der Waals surface area contributed by atoms with E-state index in [9.17, 15) is 9.59 Å². The molecule has 2 amide bonds. The first kappa shape index (κ1) is 16.3. The summed E-state index contributed by atoms with van der Waals surface area (Å²) in [5.41, 5.74) is 1.29. The van der Waals surface area contributed by atoms with E-state index in [0.717, 1.165) is 0 Å². The molecule has 120 valence electrons. The Kier molecular flexibility index (Phi) is 5.14. The van der Waals surface area contributed by atoms with Crippen molar-refractivity contribution in [1.29, 1.82) is 0 Å². The predicted octanol–water partition coefficient (Wildman–Crippen LogP) is 2.31. The van der Waals surface area contributed by atoms with Gasteiger partial charge < -0.3 is 20.1 Å². The maximum atomic E-state index is 12.2. The van der Waals surface area contributed by atoms with E-state index >= 15 is 0 Å². The molecular formula is C16H17N3O4. The minimum Gasteiger partial charge on any atom is -0.494 e. The molecule has 1 aromatic carbocycles. The summed E-state index contributed by atoms with van der Waals surface area (Å²) >= 11 is 0. The number of ether oxygens (including phenoxy) is 2. The van der Waals surface area contributed by atoms with Gasteiger partial charge in [0, 0.05) is 31.5 Å². The highest BCUT2D eigenvalue weighted by atomic mass is 16.5. The van der Waals surface area contributed by atoms with Crippen LogP contribution in [-0.4, -0.2) is 31.0 Å². The van der Waals surface area contributed by atoms with Crippen LogP contribution in [0.15, 0.2) is 36.7 Å². The van der Waals surface area contributed by atoms with Gasteiger partial charge in [0.05, 0.1) is 31.2 Å². The zero-order valence-electron chi connectivity index (χ0n) is 13.0. The van der Waals surface area contributed by atoms with E-state index in [1.165, 1.54) is 27.3 Å². The number of pyridine rings is 1. The Morgan fingerprint density at radius 3 is 2.13 bits per heavy atom. The van der Waals surface area contributed by atoms with Crippen LogP contribution in [0.1, 0.15) is 17.3 Å². The Morgan fingerprint density at radius 1 is 1.04 bits per heavy atom. The van der Waals surface area contributed by atoms with Crippen LogP contribution < -0.4 is 20.1 Å². The molecule has 7 heteroatoms. The first-order valence-electron chi connectivity index (χ1n) is 6.80. The van der Waals surface area contributed by atoms with Gasteiger partial charge in [-0.1, -0.05) is 0 Å². The summed E-state index contributed by atoms with van der Waals surface area (Å²) in [5, 5.41) is 5.38. The third-order valence-electron chi connectivity index (χ3n) is 3.00. The zero-order chi connectivity index (χ0) is 16.8. The fraction of sp³-hybridized carbons (Fsp3) is 0.188. The molecule has 2 aromatic rings. The molecule has 2 rings (SSSR count). The molecule has 1 heterocycles. The van der Waals surface area contributed by atoms with Gasteiger partial charge in [-0.3, -0.25) is 14.6 Å². The largest absolute Gasteiger partial charge is 0.494 e. The van der Waals surface area contributed by atoms with E-state index in [1.807, 2.05) is 0 Å². The molecule has 0 atom stereocenters. The number of amides is 2. The molecule has 0 radical (unpaired) electrons. The van der Waals surface area contributed by atoms with Crippen LogP contribution in [0, 0.1) is 0 Å². The van der Waals surface area contributed by atoms with Crippen LogP contribution in [-0.2, 0) is 4.79 Å². The summed E-state index contributed by atoms with van der Waals surface area (Å²) in [7, 11) is 2.94. The number of carbonyl (C=O) groups is 2. The second-order valence-corrected chi connectivity index (χ2v) is 4.63. The average Bonchev–Trinajstić information content (AvgIpc) is 2.56. The number of hydrogen-bond acceptors (Lipinski definition) is 5. The van der Waals surface area contributed by atoms with Crippen molar-refractivity contribution >= 4 is 23.2 Å². The van der Waals surface area contributed by atoms with Gasteiger partial charge in [-0.15, -0.1) is 0 Å². The molecule has 0 saturated heterocycles. The lowest BCUT2D eigenvalue weighted by molar-refractivity contribution is -0.114. The Morgan fingerprint density at radius 2 is 1.65 bits per heavy atom. The van der Waals surface area contributed by atoms with E-state index in [4.69, 9.17) is 9.47 Å².